The zero-order valence-electron chi connectivity index (χ0n) is 15.0. The third-order valence-electron chi connectivity index (χ3n) is 5.46. The van der Waals surface area contributed by atoms with Gasteiger partial charge in [-0.1, -0.05) is 12.8 Å². The maximum Gasteiger partial charge on any atom is 0.317 e. The molecule has 1 saturated carbocycles. The second-order valence-electron chi connectivity index (χ2n) is 7.15. The number of piperazine rings is 1. The van der Waals surface area contributed by atoms with Crippen molar-refractivity contribution in [2.24, 2.45) is 0 Å². The molecule has 0 spiro atoms. The molecule has 8 heteroatoms. The molecule has 1 saturated heterocycles. The highest BCUT2D eigenvalue weighted by Gasteiger charge is 2.26. The summed E-state index contributed by atoms with van der Waals surface area (Å²) in [6.07, 6.45) is 7.40. The van der Waals surface area contributed by atoms with Crippen LogP contribution in [0.15, 0.2) is 24.5 Å². The first-order valence-corrected chi connectivity index (χ1v) is 9.41. The summed E-state index contributed by atoms with van der Waals surface area (Å²) in [7, 11) is 0. The molecule has 4 rings (SSSR count). The van der Waals surface area contributed by atoms with Gasteiger partial charge in [-0.2, -0.15) is 5.10 Å². The lowest BCUT2D eigenvalue weighted by Crippen LogP contribution is -2.53. The Kier molecular flexibility index (Phi) is 4.96. The highest BCUT2D eigenvalue weighted by atomic mass is 19.2. The van der Waals surface area contributed by atoms with Crippen LogP contribution in [0.3, 0.4) is 0 Å². The molecule has 2 fully saturated rings. The van der Waals surface area contributed by atoms with Crippen LogP contribution in [0, 0.1) is 11.6 Å². The molecule has 27 heavy (non-hydrogen) atoms. The Balaban J connectivity index is 1.40. The van der Waals surface area contributed by atoms with Gasteiger partial charge in [-0.3, -0.25) is 5.10 Å². The van der Waals surface area contributed by atoms with Crippen LogP contribution in [0.1, 0.15) is 25.7 Å². The zero-order chi connectivity index (χ0) is 18.8. The third-order valence-corrected chi connectivity index (χ3v) is 5.46. The lowest BCUT2D eigenvalue weighted by Gasteiger charge is -2.36. The maximum atomic E-state index is 14.6. The summed E-state index contributed by atoms with van der Waals surface area (Å²) in [5.74, 6) is -1.74. The summed E-state index contributed by atoms with van der Waals surface area (Å²) >= 11 is 0. The molecule has 2 aliphatic rings. The van der Waals surface area contributed by atoms with E-state index in [0.717, 1.165) is 12.8 Å². The highest BCUT2D eigenvalue weighted by Crippen LogP contribution is 2.30. The van der Waals surface area contributed by atoms with Crippen LogP contribution < -0.4 is 10.2 Å². The second kappa shape index (κ2) is 7.54. The quantitative estimate of drug-likeness (QED) is 0.866. The van der Waals surface area contributed by atoms with Crippen LogP contribution in [0.4, 0.5) is 19.3 Å². The molecule has 0 radical (unpaired) electrons. The van der Waals surface area contributed by atoms with Gasteiger partial charge >= 0.3 is 6.03 Å². The first kappa shape index (κ1) is 17.8. The average Bonchev–Trinajstić information content (AvgIpc) is 3.38. The molecule has 1 aliphatic heterocycles. The molecule has 1 aromatic heterocycles. The number of urea groups is 1. The van der Waals surface area contributed by atoms with Crippen LogP contribution in [0.2, 0.25) is 0 Å². The van der Waals surface area contributed by atoms with Gasteiger partial charge in [0.05, 0.1) is 11.9 Å². The average molecular weight is 375 g/mol. The number of H-pyrrole nitrogens is 1. The number of aromatic nitrogens is 2. The van der Waals surface area contributed by atoms with Gasteiger partial charge in [0.25, 0.3) is 0 Å². The lowest BCUT2D eigenvalue weighted by atomic mass is 10.1. The molecular formula is C19H23F2N5O. The molecule has 2 amide bonds. The second-order valence-corrected chi connectivity index (χ2v) is 7.15. The Labute approximate surface area is 156 Å². The Morgan fingerprint density at radius 1 is 1.11 bits per heavy atom. The minimum absolute atomic E-state index is 0.0523. The number of hydrogen-bond acceptors (Lipinski definition) is 3. The predicted molar refractivity (Wildman–Crippen MR) is 98.5 cm³/mol. The van der Waals surface area contributed by atoms with Gasteiger partial charge in [-0.25, -0.2) is 13.6 Å². The smallest absolute Gasteiger partial charge is 0.317 e. The largest absolute Gasteiger partial charge is 0.366 e. The van der Waals surface area contributed by atoms with E-state index in [4.69, 9.17) is 0 Å². The Morgan fingerprint density at radius 2 is 1.85 bits per heavy atom. The van der Waals surface area contributed by atoms with Crippen molar-refractivity contribution >= 4 is 11.7 Å². The number of aromatic amines is 1. The van der Waals surface area contributed by atoms with Crippen molar-refractivity contribution in [1.29, 1.82) is 0 Å². The number of carbonyl (C=O) groups excluding carboxylic acids is 1. The summed E-state index contributed by atoms with van der Waals surface area (Å²) in [5, 5.41) is 9.45. The summed E-state index contributed by atoms with van der Waals surface area (Å²) in [6, 6.07) is 3.38. The van der Waals surface area contributed by atoms with Crippen LogP contribution in [0.25, 0.3) is 11.1 Å². The number of hydrogen-bond donors (Lipinski definition) is 2. The number of anilines is 1. The molecule has 2 aromatic rings. The first-order chi connectivity index (χ1) is 13.1. The summed E-state index contributed by atoms with van der Waals surface area (Å²) in [4.78, 5) is 15.9. The van der Waals surface area contributed by atoms with Gasteiger partial charge in [0.1, 0.15) is 0 Å². The molecule has 0 atom stereocenters. The molecule has 6 nitrogen and oxygen atoms in total. The van der Waals surface area contributed by atoms with Crippen LogP contribution >= 0.6 is 0 Å². The first-order valence-electron chi connectivity index (χ1n) is 9.41. The summed E-state index contributed by atoms with van der Waals surface area (Å²) < 4.78 is 29.1. The van der Waals surface area contributed by atoms with Crippen molar-refractivity contribution in [3.8, 4) is 11.1 Å². The number of rotatable bonds is 3. The maximum absolute atomic E-state index is 14.6. The minimum atomic E-state index is -0.879. The van der Waals surface area contributed by atoms with E-state index in [-0.39, 0.29) is 23.3 Å². The fraction of sp³-hybridized carbons (Fsp3) is 0.474. The van der Waals surface area contributed by atoms with Crippen molar-refractivity contribution in [2.45, 2.75) is 31.7 Å². The molecule has 144 valence electrons. The minimum Gasteiger partial charge on any atom is -0.366 e. The van der Waals surface area contributed by atoms with E-state index < -0.39 is 11.6 Å². The predicted octanol–water partition coefficient (Wildman–Crippen LogP) is 3.13. The van der Waals surface area contributed by atoms with E-state index in [0.29, 0.717) is 31.7 Å². The number of nitrogens with one attached hydrogen (secondary N) is 2. The molecular weight excluding hydrogens is 352 g/mol. The normalized spacial score (nSPS) is 18.1. The monoisotopic (exact) mass is 375 g/mol. The van der Waals surface area contributed by atoms with Crippen LogP contribution in [-0.2, 0) is 0 Å². The van der Waals surface area contributed by atoms with E-state index in [9.17, 15) is 13.6 Å². The van der Waals surface area contributed by atoms with Crippen molar-refractivity contribution in [3.63, 3.8) is 0 Å². The van der Waals surface area contributed by atoms with Gasteiger partial charge in [0.2, 0.25) is 0 Å². The van der Waals surface area contributed by atoms with E-state index >= 15 is 0 Å². The molecule has 2 heterocycles. The number of benzene rings is 1. The molecule has 2 N–H and O–H groups in total. The summed E-state index contributed by atoms with van der Waals surface area (Å²) in [5.41, 5.74) is 0.918. The Hall–Kier alpha value is -2.64. The zero-order valence-corrected chi connectivity index (χ0v) is 15.0. The van der Waals surface area contributed by atoms with Crippen LogP contribution in [0.5, 0.6) is 0 Å². The van der Waals surface area contributed by atoms with Crippen molar-refractivity contribution in [2.75, 3.05) is 31.1 Å². The molecule has 0 unspecified atom stereocenters. The van der Waals surface area contributed by atoms with Crippen LogP contribution in [-0.4, -0.2) is 53.3 Å². The van der Waals surface area contributed by atoms with Gasteiger partial charge in [0, 0.05) is 49.5 Å². The van der Waals surface area contributed by atoms with E-state index in [2.05, 4.69) is 15.5 Å². The molecule has 1 aromatic carbocycles. The Morgan fingerprint density at radius 3 is 2.52 bits per heavy atom. The number of nitrogens with zero attached hydrogens (tertiary/aromatic N) is 3. The number of amides is 2. The fourth-order valence-electron chi connectivity index (χ4n) is 3.89. The number of halogens is 2. The SMILES string of the molecule is O=C(NC1CCCC1)N1CCN(c2ccc(-c3cn[nH]c3)c(F)c2F)CC1. The van der Waals surface area contributed by atoms with Crippen molar-refractivity contribution in [1.82, 2.24) is 20.4 Å². The van der Waals surface area contributed by atoms with Gasteiger partial charge in [-0.15, -0.1) is 0 Å². The third kappa shape index (κ3) is 3.61. The van der Waals surface area contributed by atoms with E-state index in [1.54, 1.807) is 21.9 Å². The van der Waals surface area contributed by atoms with Crippen molar-refractivity contribution < 1.29 is 13.6 Å². The molecule has 1 aliphatic carbocycles. The fourth-order valence-corrected chi connectivity index (χ4v) is 3.89. The van der Waals surface area contributed by atoms with Gasteiger partial charge in [-0.05, 0) is 25.0 Å². The Bertz CT molecular complexity index is 797. The summed E-state index contributed by atoms with van der Waals surface area (Å²) in [6.45, 7) is 1.92. The standard InChI is InChI=1S/C19H23F2N5O/c20-17-15(13-11-22-23-12-13)5-6-16(18(17)21)25-7-9-26(10-8-25)19(27)24-14-3-1-2-4-14/h5-6,11-12,14H,1-4,7-10H2,(H,22,23)(H,24,27). The molecule has 0 bridgehead atoms. The lowest BCUT2D eigenvalue weighted by molar-refractivity contribution is 0.190. The van der Waals surface area contributed by atoms with Gasteiger partial charge < -0.3 is 15.1 Å². The van der Waals surface area contributed by atoms with Crippen molar-refractivity contribution in [3.05, 3.63) is 36.2 Å². The topological polar surface area (TPSA) is 64.3 Å². The van der Waals surface area contributed by atoms with E-state index in [1.165, 1.54) is 25.2 Å². The van der Waals surface area contributed by atoms with Gasteiger partial charge in [0.15, 0.2) is 11.6 Å². The van der Waals surface area contributed by atoms with E-state index in [1.807, 2.05) is 0 Å². The highest BCUT2D eigenvalue weighted by molar-refractivity contribution is 5.75. The number of carbonyl (C=O) groups is 1.